The Morgan fingerprint density at radius 1 is 1.03 bits per heavy atom. The largest absolute Gasteiger partial charge is 0.318 e. The first-order valence-electron chi connectivity index (χ1n) is 9.52. The minimum Gasteiger partial charge on any atom is -0.318 e. The monoisotopic (exact) mass is 420 g/mol. The summed E-state index contributed by atoms with van der Waals surface area (Å²) in [5.74, 6) is 0.326. The van der Waals surface area contributed by atoms with Crippen LogP contribution in [0.3, 0.4) is 0 Å². The lowest BCUT2D eigenvalue weighted by Crippen LogP contribution is -2.06. The smallest absolute Gasteiger partial charge is 0.191 e. The Hall–Kier alpha value is -3.19. The van der Waals surface area contributed by atoms with E-state index < -0.39 is 0 Å². The number of benzene rings is 2. The Kier molecular flexibility index (Phi) is 5.55. The van der Waals surface area contributed by atoms with Gasteiger partial charge in [-0.2, -0.15) is 0 Å². The summed E-state index contributed by atoms with van der Waals surface area (Å²) in [6, 6.07) is 18.3. The van der Waals surface area contributed by atoms with Crippen LogP contribution in [0.1, 0.15) is 21.7 Å². The number of hydrogen-bond donors (Lipinski definition) is 0. The van der Waals surface area contributed by atoms with Crippen molar-refractivity contribution in [3.05, 3.63) is 83.4 Å². The van der Waals surface area contributed by atoms with Gasteiger partial charge in [-0.1, -0.05) is 42.1 Å². The van der Waals surface area contributed by atoms with Gasteiger partial charge in [-0.05, 0) is 44.2 Å². The highest BCUT2D eigenvalue weighted by atomic mass is 32.2. The van der Waals surface area contributed by atoms with Gasteiger partial charge in [-0.15, -0.1) is 10.2 Å². The zero-order valence-corrected chi connectivity index (χ0v) is 17.8. The maximum Gasteiger partial charge on any atom is 0.191 e. The Morgan fingerprint density at radius 2 is 1.73 bits per heavy atom. The van der Waals surface area contributed by atoms with Crippen LogP contribution in [0.5, 0.6) is 0 Å². The molecule has 152 valence electrons. The molecule has 5 nitrogen and oxygen atoms in total. The summed E-state index contributed by atoms with van der Waals surface area (Å²) in [6.07, 6.45) is 0. The van der Waals surface area contributed by atoms with Crippen molar-refractivity contribution in [2.45, 2.75) is 19.0 Å². The molecule has 0 amide bonds. The summed E-state index contributed by atoms with van der Waals surface area (Å²) in [7, 11) is 1.77. The molecule has 0 aliphatic rings. The molecular weight excluding hydrogens is 399 g/mol. The van der Waals surface area contributed by atoms with Crippen molar-refractivity contribution in [3.8, 4) is 17.1 Å². The van der Waals surface area contributed by atoms with Gasteiger partial charge in [0.2, 0.25) is 0 Å². The van der Waals surface area contributed by atoms with E-state index in [1.807, 2.05) is 50.2 Å². The van der Waals surface area contributed by atoms with E-state index in [0.717, 1.165) is 17.1 Å². The van der Waals surface area contributed by atoms with Gasteiger partial charge in [0.1, 0.15) is 5.82 Å². The van der Waals surface area contributed by atoms with E-state index >= 15 is 0 Å². The Bertz CT molecular complexity index is 1210. The molecule has 0 radical (unpaired) electrons. The summed E-state index contributed by atoms with van der Waals surface area (Å²) >= 11 is 1.30. The van der Waals surface area contributed by atoms with E-state index in [2.05, 4.69) is 14.8 Å². The van der Waals surface area contributed by atoms with Crippen molar-refractivity contribution in [3.63, 3.8) is 0 Å². The topological polar surface area (TPSA) is 52.7 Å². The van der Waals surface area contributed by atoms with Gasteiger partial charge in [0, 0.05) is 29.7 Å². The normalized spacial score (nSPS) is 11.1. The zero-order valence-electron chi connectivity index (χ0n) is 17.0. The van der Waals surface area contributed by atoms with E-state index in [0.29, 0.717) is 22.1 Å². The number of thioether (sulfide) groups is 1. The molecule has 4 aromatic rings. The standard InChI is InChI=1S/C23H21FN4OS/c1-15-13-19(16(2)28(15)17-9-5-4-6-10-17)21(29)14-30-23-26-25-22(27(23)3)18-11-7-8-12-20(18)24/h4-13H,14H2,1-3H3. The number of ketones is 1. The predicted octanol–water partition coefficient (Wildman–Crippen LogP) is 5.00. The number of hydrogen-bond acceptors (Lipinski definition) is 4. The first-order valence-corrected chi connectivity index (χ1v) is 10.5. The molecule has 0 unspecified atom stereocenters. The minimum atomic E-state index is -0.353. The van der Waals surface area contributed by atoms with Crippen molar-refractivity contribution in [2.24, 2.45) is 7.05 Å². The van der Waals surface area contributed by atoms with Crippen molar-refractivity contribution in [1.82, 2.24) is 19.3 Å². The van der Waals surface area contributed by atoms with Crippen LogP contribution in [0.2, 0.25) is 0 Å². The highest BCUT2D eigenvalue weighted by molar-refractivity contribution is 7.99. The molecule has 2 aromatic heterocycles. The van der Waals surface area contributed by atoms with Gasteiger partial charge in [-0.25, -0.2) is 4.39 Å². The van der Waals surface area contributed by atoms with Gasteiger partial charge in [-0.3, -0.25) is 4.79 Å². The van der Waals surface area contributed by atoms with Crippen LogP contribution in [0.15, 0.2) is 65.8 Å². The lowest BCUT2D eigenvalue weighted by atomic mass is 10.2. The van der Waals surface area contributed by atoms with E-state index in [-0.39, 0.29) is 17.4 Å². The first-order chi connectivity index (χ1) is 14.5. The molecule has 0 saturated carbocycles. The molecule has 0 aliphatic heterocycles. The van der Waals surface area contributed by atoms with E-state index in [1.165, 1.54) is 17.8 Å². The zero-order chi connectivity index (χ0) is 21.3. The van der Waals surface area contributed by atoms with Gasteiger partial charge >= 0.3 is 0 Å². The van der Waals surface area contributed by atoms with Crippen LogP contribution in [0.4, 0.5) is 4.39 Å². The molecule has 4 rings (SSSR count). The van der Waals surface area contributed by atoms with E-state index in [4.69, 9.17) is 0 Å². The number of aromatic nitrogens is 4. The number of rotatable bonds is 6. The SMILES string of the molecule is Cc1cc(C(=O)CSc2nnc(-c3ccccc3F)n2C)c(C)n1-c1ccccc1. The minimum absolute atomic E-state index is 0.0192. The fourth-order valence-corrected chi connectivity index (χ4v) is 4.34. The number of carbonyl (C=O) groups is 1. The number of halogens is 1. The van der Waals surface area contributed by atoms with Crippen molar-refractivity contribution >= 4 is 17.5 Å². The molecule has 0 saturated heterocycles. The van der Waals surface area contributed by atoms with E-state index in [1.54, 1.807) is 29.8 Å². The third-order valence-electron chi connectivity index (χ3n) is 5.03. The molecule has 0 spiro atoms. The number of nitrogens with zero attached hydrogens (tertiary/aromatic N) is 4. The molecule has 0 aliphatic carbocycles. The van der Waals surface area contributed by atoms with Crippen molar-refractivity contribution in [2.75, 3.05) is 5.75 Å². The maximum absolute atomic E-state index is 14.1. The first kappa shape index (κ1) is 20.1. The highest BCUT2D eigenvalue weighted by Crippen LogP contribution is 2.26. The van der Waals surface area contributed by atoms with Crippen molar-refractivity contribution in [1.29, 1.82) is 0 Å². The van der Waals surface area contributed by atoms with Gasteiger partial charge in [0.25, 0.3) is 0 Å². The third-order valence-corrected chi connectivity index (χ3v) is 6.05. The summed E-state index contributed by atoms with van der Waals surface area (Å²) < 4.78 is 17.9. The molecule has 7 heteroatoms. The van der Waals surface area contributed by atoms with Crippen LogP contribution in [0.25, 0.3) is 17.1 Å². The third kappa shape index (κ3) is 3.68. The lowest BCUT2D eigenvalue weighted by molar-refractivity contribution is 0.102. The maximum atomic E-state index is 14.1. The average molecular weight is 421 g/mol. The van der Waals surface area contributed by atoms with Crippen LogP contribution >= 0.6 is 11.8 Å². The molecule has 0 atom stereocenters. The van der Waals surface area contributed by atoms with Crippen LogP contribution in [-0.2, 0) is 7.05 Å². The summed E-state index contributed by atoms with van der Waals surface area (Å²) in [5, 5.41) is 8.82. The quantitative estimate of drug-likeness (QED) is 0.325. The molecule has 2 aromatic carbocycles. The number of Topliss-reactive ketones (excluding diaryl/α,β-unsaturated/α-hetero) is 1. The van der Waals surface area contributed by atoms with Crippen molar-refractivity contribution < 1.29 is 9.18 Å². The number of carbonyl (C=O) groups excluding carboxylic acids is 1. The van der Waals surface area contributed by atoms with Gasteiger partial charge in [0.05, 0.1) is 11.3 Å². The summed E-state index contributed by atoms with van der Waals surface area (Å²) in [4.78, 5) is 12.9. The molecule has 0 N–H and O–H groups in total. The lowest BCUT2D eigenvalue weighted by Gasteiger charge is -2.09. The van der Waals surface area contributed by atoms with Gasteiger partial charge < -0.3 is 9.13 Å². The second-order valence-corrected chi connectivity index (χ2v) is 7.96. The molecule has 2 heterocycles. The van der Waals surface area contributed by atoms with E-state index in [9.17, 15) is 9.18 Å². The fraction of sp³-hybridized carbons (Fsp3) is 0.174. The van der Waals surface area contributed by atoms with Gasteiger partial charge in [0.15, 0.2) is 16.8 Å². The fourth-order valence-electron chi connectivity index (χ4n) is 3.55. The number of aryl methyl sites for hydroxylation is 1. The molecule has 0 fully saturated rings. The summed E-state index contributed by atoms with van der Waals surface area (Å²) in [6.45, 7) is 3.95. The Balaban J connectivity index is 1.53. The Morgan fingerprint density at radius 3 is 2.47 bits per heavy atom. The number of para-hydroxylation sites is 1. The predicted molar refractivity (Wildman–Crippen MR) is 117 cm³/mol. The molecular formula is C23H21FN4OS. The second kappa shape index (κ2) is 8.28. The molecule has 30 heavy (non-hydrogen) atoms. The molecule has 0 bridgehead atoms. The van der Waals surface area contributed by atoms with Crippen LogP contribution < -0.4 is 0 Å². The summed E-state index contributed by atoms with van der Waals surface area (Å²) in [5.41, 5.74) is 4.03. The second-order valence-electron chi connectivity index (χ2n) is 7.01. The Labute approximate surface area is 178 Å². The average Bonchev–Trinajstić information content (AvgIpc) is 3.26. The van der Waals surface area contributed by atoms with Crippen LogP contribution in [-0.4, -0.2) is 30.9 Å². The van der Waals surface area contributed by atoms with Crippen LogP contribution in [0, 0.1) is 19.7 Å². The highest BCUT2D eigenvalue weighted by Gasteiger charge is 2.19.